The van der Waals surface area contributed by atoms with Gasteiger partial charge in [-0.05, 0) is 27.3 Å². The summed E-state index contributed by atoms with van der Waals surface area (Å²) in [5.74, 6) is -0.251. The third-order valence-electron chi connectivity index (χ3n) is 2.56. The zero-order valence-corrected chi connectivity index (χ0v) is 9.87. The number of carbonyl (C=O) groups excluding carboxylic acids is 2. The second-order valence-electron chi connectivity index (χ2n) is 4.67. The quantitative estimate of drug-likeness (QED) is 0.656. The molecule has 1 fully saturated rings. The van der Waals surface area contributed by atoms with E-state index >= 15 is 0 Å². The van der Waals surface area contributed by atoms with Crippen molar-refractivity contribution in [2.45, 2.75) is 45.8 Å². The van der Waals surface area contributed by atoms with Crippen molar-refractivity contribution in [1.29, 1.82) is 0 Å². The number of ketones is 1. The highest BCUT2D eigenvalue weighted by atomic mass is 16.6. The first-order chi connectivity index (χ1) is 6.85. The molecule has 15 heavy (non-hydrogen) atoms. The minimum Gasteiger partial charge on any atom is -0.457 e. The van der Waals surface area contributed by atoms with Crippen LogP contribution in [-0.2, 0) is 14.3 Å². The summed E-state index contributed by atoms with van der Waals surface area (Å²) in [6.07, 6.45) is 0.253. The molecule has 1 heterocycles. The average molecular weight is 213 g/mol. The highest BCUT2D eigenvalue weighted by molar-refractivity contribution is 5.85. The highest BCUT2D eigenvalue weighted by Gasteiger charge is 2.40. The zero-order valence-electron chi connectivity index (χ0n) is 9.87. The van der Waals surface area contributed by atoms with Crippen LogP contribution in [0.5, 0.6) is 0 Å². The van der Waals surface area contributed by atoms with Crippen LogP contribution in [0.25, 0.3) is 0 Å². The Morgan fingerprint density at radius 2 is 2.20 bits per heavy atom. The lowest BCUT2D eigenvalue weighted by atomic mass is 10.0. The van der Waals surface area contributed by atoms with E-state index in [0.717, 1.165) is 6.54 Å². The van der Waals surface area contributed by atoms with Crippen molar-refractivity contribution in [2.24, 2.45) is 0 Å². The summed E-state index contributed by atoms with van der Waals surface area (Å²) in [6, 6.07) is -0.388. The van der Waals surface area contributed by atoms with E-state index in [0.29, 0.717) is 6.54 Å². The van der Waals surface area contributed by atoms with Gasteiger partial charge in [-0.25, -0.2) is 0 Å². The molecule has 0 aromatic carbocycles. The van der Waals surface area contributed by atoms with Gasteiger partial charge in [0.25, 0.3) is 0 Å². The lowest BCUT2D eigenvalue weighted by Gasteiger charge is -2.41. The van der Waals surface area contributed by atoms with Gasteiger partial charge >= 0.3 is 5.97 Å². The zero-order chi connectivity index (χ0) is 11.6. The maximum Gasteiger partial charge on any atom is 0.324 e. The summed E-state index contributed by atoms with van der Waals surface area (Å²) in [7, 11) is 0. The van der Waals surface area contributed by atoms with Crippen molar-refractivity contribution < 1.29 is 14.3 Å². The molecule has 4 nitrogen and oxygen atoms in total. The molecule has 0 aromatic rings. The van der Waals surface area contributed by atoms with Crippen LogP contribution in [0.1, 0.15) is 34.1 Å². The molecule has 4 heteroatoms. The van der Waals surface area contributed by atoms with Crippen molar-refractivity contribution >= 4 is 11.8 Å². The molecular formula is C11H19NO3. The third kappa shape index (κ3) is 3.02. The maximum absolute atomic E-state index is 11.7. The Kier molecular flexibility index (Phi) is 3.50. The van der Waals surface area contributed by atoms with E-state index in [1.165, 1.54) is 6.92 Å². The van der Waals surface area contributed by atoms with Crippen molar-refractivity contribution in [3.05, 3.63) is 0 Å². The number of nitrogens with zero attached hydrogens (tertiary/aromatic N) is 1. The predicted octanol–water partition coefficient (Wildman–Crippen LogP) is 0.991. The Balaban J connectivity index is 2.78. The molecule has 0 radical (unpaired) electrons. The van der Waals surface area contributed by atoms with Crippen LogP contribution < -0.4 is 0 Å². The second-order valence-corrected chi connectivity index (χ2v) is 4.67. The van der Waals surface area contributed by atoms with Crippen LogP contribution in [0.2, 0.25) is 0 Å². The molecule has 1 rings (SSSR count). The van der Waals surface area contributed by atoms with Crippen LogP contribution in [0, 0.1) is 0 Å². The molecule has 0 aromatic heterocycles. The molecule has 1 aliphatic rings. The number of cyclic esters (lactones) is 1. The fourth-order valence-corrected chi connectivity index (χ4v) is 1.94. The van der Waals surface area contributed by atoms with Crippen LogP contribution >= 0.6 is 0 Å². The van der Waals surface area contributed by atoms with E-state index in [1.54, 1.807) is 0 Å². The summed E-state index contributed by atoms with van der Waals surface area (Å²) < 4.78 is 5.29. The highest BCUT2D eigenvalue weighted by Crippen LogP contribution is 2.23. The smallest absolute Gasteiger partial charge is 0.324 e. The molecule has 1 aliphatic heterocycles. The Morgan fingerprint density at radius 3 is 2.67 bits per heavy atom. The molecule has 0 amide bonds. The first-order valence-corrected chi connectivity index (χ1v) is 5.32. The van der Waals surface area contributed by atoms with Crippen molar-refractivity contribution in [2.75, 3.05) is 13.1 Å². The van der Waals surface area contributed by atoms with Gasteiger partial charge < -0.3 is 4.74 Å². The standard InChI is InChI=1S/C11H19NO3/c1-5-12-7-11(3,4)15-10(14)9(12)6-8(2)13/h9H,5-7H2,1-4H3. The summed E-state index contributed by atoms with van der Waals surface area (Å²) in [4.78, 5) is 24.8. The maximum atomic E-state index is 11.7. The van der Waals surface area contributed by atoms with E-state index in [-0.39, 0.29) is 24.2 Å². The van der Waals surface area contributed by atoms with Crippen LogP contribution in [0.4, 0.5) is 0 Å². The molecule has 1 atom stereocenters. The van der Waals surface area contributed by atoms with Gasteiger partial charge in [0.15, 0.2) is 0 Å². The second kappa shape index (κ2) is 4.31. The summed E-state index contributed by atoms with van der Waals surface area (Å²) >= 11 is 0. The van der Waals surface area contributed by atoms with Gasteiger partial charge in [0.2, 0.25) is 0 Å². The lowest BCUT2D eigenvalue weighted by molar-refractivity contribution is -0.178. The number of morpholine rings is 1. The molecule has 0 bridgehead atoms. The van der Waals surface area contributed by atoms with Crippen molar-refractivity contribution in [1.82, 2.24) is 4.90 Å². The first-order valence-electron chi connectivity index (χ1n) is 5.32. The molecule has 0 N–H and O–H groups in total. The molecule has 1 saturated heterocycles. The summed E-state index contributed by atoms with van der Waals surface area (Å²) in [5, 5.41) is 0. The largest absolute Gasteiger partial charge is 0.457 e. The number of rotatable bonds is 3. The number of likely N-dealkylation sites (N-methyl/N-ethyl adjacent to an activating group) is 1. The van der Waals surface area contributed by atoms with Crippen LogP contribution in [-0.4, -0.2) is 41.4 Å². The van der Waals surface area contributed by atoms with E-state index in [1.807, 2.05) is 25.7 Å². The van der Waals surface area contributed by atoms with Crippen molar-refractivity contribution in [3.63, 3.8) is 0 Å². The average Bonchev–Trinajstić information content (AvgIpc) is 2.08. The van der Waals surface area contributed by atoms with Gasteiger partial charge in [0.05, 0.1) is 0 Å². The number of Topliss-reactive ketones (excluding diaryl/α,β-unsaturated/α-hetero) is 1. The molecule has 0 aliphatic carbocycles. The molecular weight excluding hydrogens is 194 g/mol. The SMILES string of the molecule is CCN1CC(C)(C)OC(=O)C1CC(C)=O. The normalized spacial score (nSPS) is 26.1. The summed E-state index contributed by atoms with van der Waals surface area (Å²) in [6.45, 7) is 8.71. The number of carbonyl (C=O) groups is 2. The molecule has 0 spiro atoms. The monoisotopic (exact) mass is 213 g/mol. The number of ether oxygens (including phenoxy) is 1. The van der Waals surface area contributed by atoms with E-state index < -0.39 is 5.60 Å². The van der Waals surface area contributed by atoms with E-state index in [4.69, 9.17) is 4.74 Å². The third-order valence-corrected chi connectivity index (χ3v) is 2.56. The number of hydrogen-bond acceptors (Lipinski definition) is 4. The first kappa shape index (κ1) is 12.2. The summed E-state index contributed by atoms with van der Waals surface area (Å²) in [5.41, 5.74) is -0.444. The number of esters is 1. The van der Waals surface area contributed by atoms with Crippen LogP contribution in [0.3, 0.4) is 0 Å². The van der Waals surface area contributed by atoms with Gasteiger partial charge in [-0.15, -0.1) is 0 Å². The Bertz CT molecular complexity index is 273. The minimum atomic E-state index is -0.444. The number of hydrogen-bond donors (Lipinski definition) is 0. The topological polar surface area (TPSA) is 46.6 Å². The van der Waals surface area contributed by atoms with Crippen molar-refractivity contribution in [3.8, 4) is 0 Å². The van der Waals surface area contributed by atoms with Gasteiger partial charge in [-0.1, -0.05) is 6.92 Å². The van der Waals surface area contributed by atoms with Gasteiger partial charge in [0.1, 0.15) is 17.4 Å². The predicted molar refractivity (Wildman–Crippen MR) is 56.5 cm³/mol. The fourth-order valence-electron chi connectivity index (χ4n) is 1.94. The van der Waals surface area contributed by atoms with E-state index in [2.05, 4.69) is 0 Å². The van der Waals surface area contributed by atoms with Crippen LogP contribution in [0.15, 0.2) is 0 Å². The van der Waals surface area contributed by atoms with E-state index in [9.17, 15) is 9.59 Å². The Labute approximate surface area is 90.6 Å². The molecule has 1 unspecified atom stereocenters. The van der Waals surface area contributed by atoms with Gasteiger partial charge in [-0.2, -0.15) is 0 Å². The Hall–Kier alpha value is -0.900. The minimum absolute atomic E-state index is 0.0232. The fraction of sp³-hybridized carbons (Fsp3) is 0.818. The molecule has 86 valence electrons. The lowest BCUT2D eigenvalue weighted by Crippen LogP contribution is -2.57. The van der Waals surface area contributed by atoms with Gasteiger partial charge in [0, 0.05) is 13.0 Å². The van der Waals surface area contributed by atoms with Gasteiger partial charge in [-0.3, -0.25) is 14.5 Å². The molecule has 0 saturated carbocycles. The Morgan fingerprint density at radius 1 is 1.60 bits per heavy atom.